The highest BCUT2D eigenvalue weighted by atomic mass is 127. The van der Waals surface area contributed by atoms with Crippen molar-refractivity contribution >= 4 is 36.9 Å². The molecule has 0 fully saturated rings. The van der Waals surface area contributed by atoms with Crippen molar-refractivity contribution in [3.8, 4) is 0 Å². The number of hydrogen-bond donors (Lipinski definition) is 0. The molecule has 0 saturated carbocycles. The molecule has 0 spiro atoms. The molecule has 1 aliphatic rings. The molecule has 0 aliphatic carbocycles. The number of halogens is 1. The number of carbonyl (C=O) groups excluding carboxylic acids is 1. The van der Waals surface area contributed by atoms with Crippen molar-refractivity contribution in [1.29, 1.82) is 0 Å². The van der Waals surface area contributed by atoms with Gasteiger partial charge in [0.05, 0.1) is 0 Å². The van der Waals surface area contributed by atoms with Crippen molar-refractivity contribution in [3.05, 3.63) is 12.2 Å². The highest BCUT2D eigenvalue weighted by molar-refractivity contribution is 14.1. The minimum absolute atomic E-state index is 0.00432. The third kappa shape index (κ3) is 7.62. The number of alkyl halides is 1. The van der Waals surface area contributed by atoms with Gasteiger partial charge in [0.2, 0.25) is 0 Å². The van der Waals surface area contributed by atoms with E-state index >= 15 is 0 Å². The van der Waals surface area contributed by atoms with E-state index in [2.05, 4.69) is 82.5 Å². The summed E-state index contributed by atoms with van der Waals surface area (Å²) in [6.45, 7) is 15.9. The van der Waals surface area contributed by atoms with Gasteiger partial charge in [-0.1, -0.05) is 69.4 Å². The van der Waals surface area contributed by atoms with Crippen LogP contribution in [0, 0.1) is 11.8 Å². The molecule has 4 atom stereocenters. The predicted octanol–water partition coefficient (Wildman–Crippen LogP) is 6.52. The van der Waals surface area contributed by atoms with Gasteiger partial charge in [0.15, 0.2) is 8.32 Å². The van der Waals surface area contributed by atoms with Crippen LogP contribution in [0.1, 0.15) is 66.7 Å². The fourth-order valence-electron chi connectivity index (χ4n) is 2.88. The van der Waals surface area contributed by atoms with E-state index in [1.54, 1.807) is 0 Å². The number of allylic oxidation sites excluding steroid dienone is 1. The third-order valence-corrected chi connectivity index (χ3v) is 11.9. The minimum Gasteiger partial charge on any atom is -0.462 e. The summed E-state index contributed by atoms with van der Waals surface area (Å²) in [5.41, 5.74) is 0. The van der Waals surface area contributed by atoms with E-state index in [9.17, 15) is 4.79 Å². The Labute approximate surface area is 175 Å². The number of esters is 1. The van der Waals surface area contributed by atoms with Crippen molar-refractivity contribution in [2.24, 2.45) is 11.8 Å². The number of rotatable bonds is 4. The van der Waals surface area contributed by atoms with Crippen LogP contribution in [0.25, 0.3) is 0 Å². The maximum atomic E-state index is 12.3. The van der Waals surface area contributed by atoms with E-state index in [1.807, 2.05) is 0 Å². The standard InChI is InChI=1S/C21H39IO3Si/c1-16-11-8-9-12-18(17(2)15-22)24-20(23)14-10-13-19(16)25-26(6,7)21(3,4)5/h8-9,16-19H,10-15H2,1-7H3/t16-,17?,18+,19-/m0/s1. The van der Waals surface area contributed by atoms with Gasteiger partial charge in [-0.05, 0) is 43.3 Å². The van der Waals surface area contributed by atoms with Gasteiger partial charge in [-0.15, -0.1) is 0 Å². The van der Waals surface area contributed by atoms with Gasteiger partial charge in [0.1, 0.15) is 6.10 Å². The molecule has 3 nitrogen and oxygen atoms in total. The quantitative estimate of drug-likeness (QED) is 0.147. The zero-order chi connectivity index (χ0) is 20.0. The first-order valence-electron chi connectivity index (χ1n) is 10.1. The van der Waals surface area contributed by atoms with Gasteiger partial charge in [0, 0.05) is 29.3 Å². The molecule has 0 bridgehead atoms. The zero-order valence-electron chi connectivity index (χ0n) is 17.8. The van der Waals surface area contributed by atoms with Crippen LogP contribution in [0.4, 0.5) is 0 Å². The van der Waals surface area contributed by atoms with E-state index < -0.39 is 8.32 Å². The first-order valence-corrected chi connectivity index (χ1v) is 14.5. The van der Waals surface area contributed by atoms with Gasteiger partial charge in [-0.25, -0.2) is 0 Å². The molecule has 0 N–H and O–H groups in total. The predicted molar refractivity (Wildman–Crippen MR) is 121 cm³/mol. The Balaban J connectivity index is 2.86. The third-order valence-electron chi connectivity index (χ3n) is 5.96. The lowest BCUT2D eigenvalue weighted by Crippen LogP contribution is -2.45. The summed E-state index contributed by atoms with van der Waals surface area (Å²) in [7, 11) is -1.81. The lowest BCUT2D eigenvalue weighted by atomic mass is 9.95. The maximum absolute atomic E-state index is 12.3. The Morgan fingerprint density at radius 3 is 2.50 bits per heavy atom. The molecule has 0 amide bonds. The summed E-state index contributed by atoms with van der Waals surface area (Å²) in [6, 6.07) is 0. The van der Waals surface area contributed by atoms with Crippen LogP contribution >= 0.6 is 22.6 Å². The maximum Gasteiger partial charge on any atom is 0.306 e. The average molecular weight is 495 g/mol. The monoisotopic (exact) mass is 494 g/mol. The largest absolute Gasteiger partial charge is 0.462 e. The molecular weight excluding hydrogens is 455 g/mol. The number of carbonyl (C=O) groups is 1. The topological polar surface area (TPSA) is 35.5 Å². The van der Waals surface area contributed by atoms with Crippen LogP contribution < -0.4 is 0 Å². The van der Waals surface area contributed by atoms with Gasteiger partial charge < -0.3 is 9.16 Å². The second kappa shape index (κ2) is 10.6. The molecule has 152 valence electrons. The molecule has 1 aliphatic heterocycles. The van der Waals surface area contributed by atoms with Crippen LogP contribution in [0.5, 0.6) is 0 Å². The second-order valence-electron chi connectivity index (χ2n) is 9.39. The molecule has 0 saturated heterocycles. The summed E-state index contributed by atoms with van der Waals surface area (Å²) < 4.78 is 13.5. The SMILES string of the molecule is CC(CI)[C@H]1CC=CC[C@H](C)[C@@H](O[Si](C)(C)C(C)(C)C)CCCC(=O)O1. The zero-order valence-corrected chi connectivity index (χ0v) is 21.0. The fraction of sp³-hybridized carbons (Fsp3) is 0.857. The molecule has 1 unspecified atom stereocenters. The average Bonchev–Trinajstić information content (AvgIpc) is 2.53. The Kier molecular flexibility index (Phi) is 9.85. The Hall–Kier alpha value is 0.117. The van der Waals surface area contributed by atoms with E-state index in [1.165, 1.54) is 0 Å². The Morgan fingerprint density at radius 1 is 1.31 bits per heavy atom. The summed E-state index contributed by atoms with van der Waals surface area (Å²) in [6.07, 6.45) is 8.80. The molecule has 1 heterocycles. The number of hydrogen-bond acceptors (Lipinski definition) is 3. The van der Waals surface area contributed by atoms with Crippen molar-refractivity contribution in [3.63, 3.8) is 0 Å². The number of cyclic esters (lactones) is 1. The molecule has 0 aromatic rings. The van der Waals surface area contributed by atoms with Crippen molar-refractivity contribution in [2.45, 2.75) is 97.1 Å². The summed E-state index contributed by atoms with van der Waals surface area (Å²) in [5.74, 6) is 0.801. The van der Waals surface area contributed by atoms with Crippen LogP contribution in [-0.4, -0.2) is 30.9 Å². The van der Waals surface area contributed by atoms with E-state index in [0.717, 1.165) is 30.1 Å². The molecule has 5 heteroatoms. The van der Waals surface area contributed by atoms with Gasteiger partial charge in [-0.2, -0.15) is 0 Å². The van der Waals surface area contributed by atoms with E-state index in [-0.39, 0.29) is 23.2 Å². The van der Waals surface area contributed by atoms with E-state index in [4.69, 9.17) is 9.16 Å². The number of ether oxygens (including phenoxy) is 1. The van der Waals surface area contributed by atoms with Crippen LogP contribution in [-0.2, 0) is 14.0 Å². The van der Waals surface area contributed by atoms with Gasteiger partial charge >= 0.3 is 5.97 Å². The minimum atomic E-state index is -1.81. The highest BCUT2D eigenvalue weighted by Gasteiger charge is 2.40. The van der Waals surface area contributed by atoms with Gasteiger partial charge in [-0.3, -0.25) is 4.79 Å². The van der Waals surface area contributed by atoms with Crippen molar-refractivity contribution in [1.82, 2.24) is 0 Å². The lowest BCUT2D eigenvalue weighted by molar-refractivity contribution is -0.151. The van der Waals surface area contributed by atoms with Crippen LogP contribution in [0.2, 0.25) is 18.1 Å². The van der Waals surface area contributed by atoms with Crippen LogP contribution in [0.3, 0.4) is 0 Å². The molecule has 26 heavy (non-hydrogen) atoms. The van der Waals surface area contributed by atoms with Crippen molar-refractivity contribution in [2.75, 3.05) is 4.43 Å². The Morgan fingerprint density at radius 2 is 1.92 bits per heavy atom. The Bertz CT molecular complexity index is 470. The first-order chi connectivity index (χ1) is 12.0. The first kappa shape index (κ1) is 24.2. The smallest absolute Gasteiger partial charge is 0.306 e. The van der Waals surface area contributed by atoms with E-state index in [0.29, 0.717) is 18.3 Å². The molecule has 0 radical (unpaired) electrons. The second-order valence-corrected chi connectivity index (χ2v) is 15.0. The van der Waals surface area contributed by atoms with Crippen LogP contribution in [0.15, 0.2) is 12.2 Å². The molecular formula is C21H39IO3Si. The normalized spacial score (nSPS) is 28.0. The van der Waals surface area contributed by atoms with Gasteiger partial charge in [0.25, 0.3) is 0 Å². The lowest BCUT2D eigenvalue weighted by Gasteiger charge is -2.41. The summed E-state index contributed by atoms with van der Waals surface area (Å²) >= 11 is 2.37. The molecule has 1 rings (SSSR count). The highest BCUT2D eigenvalue weighted by Crippen LogP contribution is 2.39. The van der Waals surface area contributed by atoms with Crippen molar-refractivity contribution < 1.29 is 14.0 Å². The summed E-state index contributed by atoms with van der Waals surface area (Å²) in [4.78, 5) is 12.3. The summed E-state index contributed by atoms with van der Waals surface area (Å²) in [5, 5.41) is 0.202. The molecule has 0 aromatic heterocycles. The molecule has 0 aromatic carbocycles. The fourth-order valence-corrected chi connectivity index (χ4v) is 4.91.